The zero-order valence-corrected chi connectivity index (χ0v) is 20.1. The Morgan fingerprint density at radius 1 is 0.871 bits per heavy atom. The third kappa shape index (κ3) is 2.80. The average molecular weight is 433 g/mol. The van der Waals surface area contributed by atoms with Crippen LogP contribution in [0.25, 0.3) is 0 Å². The van der Waals surface area contributed by atoms with Gasteiger partial charge in [-0.1, -0.05) is 27.7 Å². The number of rotatable bonds is 0. The van der Waals surface area contributed by atoms with E-state index in [9.17, 15) is 10.2 Å². The van der Waals surface area contributed by atoms with Crippen molar-refractivity contribution in [3.8, 4) is 0 Å². The maximum atomic E-state index is 11.7. The van der Waals surface area contributed by atoms with Gasteiger partial charge in [-0.25, -0.2) is 0 Å². The fourth-order valence-electron chi connectivity index (χ4n) is 10.4. The molecule has 31 heavy (non-hydrogen) atoms. The van der Waals surface area contributed by atoms with E-state index in [0.717, 1.165) is 45.1 Å². The van der Waals surface area contributed by atoms with Gasteiger partial charge in [0.1, 0.15) is 0 Å². The minimum atomic E-state index is -0.374. The number of hydrogen-bond donors (Lipinski definition) is 2. The molecule has 13 atom stereocenters. The molecule has 6 aliphatic rings. The Morgan fingerprint density at radius 3 is 2.42 bits per heavy atom. The summed E-state index contributed by atoms with van der Waals surface area (Å²) in [7, 11) is 0. The molecule has 6 fully saturated rings. The third-order valence-electron chi connectivity index (χ3n) is 11.8. The lowest BCUT2D eigenvalue weighted by molar-refractivity contribution is -0.274. The molecule has 2 saturated heterocycles. The Labute approximate surface area is 188 Å². The number of ether oxygens (including phenoxy) is 2. The maximum Gasteiger partial charge on any atom is 0.171 e. The maximum absolute atomic E-state index is 11.7. The number of fused-ring (bicyclic) bond motifs is 7. The lowest BCUT2D eigenvalue weighted by Gasteiger charge is -2.62. The molecule has 0 aromatic heterocycles. The second-order valence-electron chi connectivity index (χ2n) is 13.3. The van der Waals surface area contributed by atoms with Crippen molar-refractivity contribution in [1.82, 2.24) is 0 Å². The molecule has 6 rings (SSSR count). The molecular formula is C27H44O4. The molecule has 2 heterocycles. The minimum Gasteiger partial charge on any atom is -0.393 e. The molecule has 2 N–H and O–H groups in total. The summed E-state index contributed by atoms with van der Waals surface area (Å²) in [5.41, 5.74) is 0.342. The highest BCUT2D eigenvalue weighted by Gasteiger charge is 2.70. The van der Waals surface area contributed by atoms with Crippen LogP contribution in [0.2, 0.25) is 0 Å². The van der Waals surface area contributed by atoms with Gasteiger partial charge in [-0.05, 0) is 97.7 Å². The predicted molar refractivity (Wildman–Crippen MR) is 119 cm³/mol. The largest absolute Gasteiger partial charge is 0.393 e. The first kappa shape index (κ1) is 21.4. The van der Waals surface area contributed by atoms with E-state index in [2.05, 4.69) is 27.7 Å². The monoisotopic (exact) mass is 432 g/mol. The van der Waals surface area contributed by atoms with Crippen LogP contribution in [0.1, 0.15) is 85.5 Å². The van der Waals surface area contributed by atoms with Crippen LogP contribution in [0.3, 0.4) is 0 Å². The smallest absolute Gasteiger partial charge is 0.171 e. The first-order valence-electron chi connectivity index (χ1n) is 13.4. The average Bonchev–Trinajstić information content (AvgIpc) is 3.15. The van der Waals surface area contributed by atoms with Gasteiger partial charge in [0.15, 0.2) is 5.79 Å². The highest BCUT2D eigenvalue weighted by atomic mass is 16.7. The van der Waals surface area contributed by atoms with Gasteiger partial charge in [-0.15, -0.1) is 0 Å². The van der Waals surface area contributed by atoms with Gasteiger partial charge in [0.2, 0.25) is 0 Å². The van der Waals surface area contributed by atoms with Crippen LogP contribution in [0.5, 0.6) is 0 Å². The minimum absolute atomic E-state index is 0.130. The molecule has 0 bridgehead atoms. The second-order valence-corrected chi connectivity index (χ2v) is 13.3. The molecule has 176 valence electrons. The standard InChI is InChI=1S/C27H44O4/c1-15-7-10-27(30-14-15)16(2)23-22(31-27)12-20-19-6-5-17-11-18(28)8-9-25(17,3)24(19)21(29)13-26(20,23)4/h15-24,28-29H,5-14H2,1-4H3/t15-,16-,17+,18+,19+,20+,21+,22+,23+,24-,25+,26+,27-/m1/s1. The lowest BCUT2D eigenvalue weighted by Crippen LogP contribution is -2.59. The van der Waals surface area contributed by atoms with Crippen molar-refractivity contribution >= 4 is 0 Å². The van der Waals surface area contributed by atoms with Crippen molar-refractivity contribution < 1.29 is 19.7 Å². The van der Waals surface area contributed by atoms with E-state index in [1.54, 1.807) is 0 Å². The van der Waals surface area contributed by atoms with E-state index in [1.807, 2.05) is 0 Å². The van der Waals surface area contributed by atoms with Crippen molar-refractivity contribution in [3.63, 3.8) is 0 Å². The lowest BCUT2D eigenvalue weighted by atomic mass is 9.43. The molecule has 1 spiro atoms. The molecular weight excluding hydrogens is 388 g/mol. The highest BCUT2D eigenvalue weighted by Crippen LogP contribution is 2.71. The molecule has 4 nitrogen and oxygen atoms in total. The Morgan fingerprint density at radius 2 is 1.68 bits per heavy atom. The zero-order valence-electron chi connectivity index (χ0n) is 20.1. The summed E-state index contributed by atoms with van der Waals surface area (Å²) in [4.78, 5) is 0. The van der Waals surface area contributed by atoms with Gasteiger partial charge in [0.05, 0.1) is 24.9 Å². The zero-order chi connectivity index (χ0) is 21.8. The van der Waals surface area contributed by atoms with Gasteiger partial charge < -0.3 is 19.7 Å². The molecule has 2 aliphatic heterocycles. The van der Waals surface area contributed by atoms with Gasteiger partial charge >= 0.3 is 0 Å². The van der Waals surface area contributed by atoms with E-state index < -0.39 is 0 Å². The quantitative estimate of drug-likeness (QED) is 0.579. The number of hydrogen-bond acceptors (Lipinski definition) is 4. The van der Waals surface area contributed by atoms with Crippen LogP contribution in [0.15, 0.2) is 0 Å². The molecule has 0 aromatic carbocycles. The van der Waals surface area contributed by atoms with E-state index in [0.29, 0.717) is 47.5 Å². The predicted octanol–water partition coefficient (Wildman–Crippen LogP) is 4.76. The van der Waals surface area contributed by atoms with Crippen LogP contribution in [0.4, 0.5) is 0 Å². The van der Waals surface area contributed by atoms with E-state index in [4.69, 9.17) is 9.47 Å². The summed E-state index contributed by atoms with van der Waals surface area (Å²) >= 11 is 0. The summed E-state index contributed by atoms with van der Waals surface area (Å²) in [5.74, 6) is 3.40. The first-order chi connectivity index (χ1) is 14.7. The van der Waals surface area contributed by atoms with Crippen LogP contribution in [-0.2, 0) is 9.47 Å². The van der Waals surface area contributed by atoms with Crippen LogP contribution in [0, 0.1) is 52.3 Å². The first-order valence-corrected chi connectivity index (χ1v) is 13.4. The number of aliphatic hydroxyl groups excluding tert-OH is 2. The summed E-state index contributed by atoms with van der Waals surface area (Å²) in [5, 5.41) is 22.0. The van der Waals surface area contributed by atoms with E-state index in [-0.39, 0.29) is 28.8 Å². The molecule has 0 unspecified atom stereocenters. The molecule has 0 aromatic rings. The van der Waals surface area contributed by atoms with Crippen LogP contribution < -0.4 is 0 Å². The van der Waals surface area contributed by atoms with Crippen molar-refractivity contribution in [2.45, 2.75) is 110 Å². The Bertz CT molecular complexity index is 716. The highest BCUT2D eigenvalue weighted by molar-refractivity contribution is 5.17. The summed E-state index contributed by atoms with van der Waals surface area (Å²) in [6.45, 7) is 10.4. The van der Waals surface area contributed by atoms with Crippen molar-refractivity contribution in [2.75, 3.05) is 6.61 Å². The van der Waals surface area contributed by atoms with Gasteiger partial charge in [0, 0.05) is 12.3 Å². The summed E-state index contributed by atoms with van der Waals surface area (Å²) < 4.78 is 13.3. The van der Waals surface area contributed by atoms with Crippen molar-refractivity contribution in [2.24, 2.45) is 52.3 Å². The number of aliphatic hydroxyl groups is 2. The second kappa shape index (κ2) is 6.93. The fraction of sp³-hybridized carbons (Fsp3) is 1.00. The Kier molecular flexibility index (Phi) is 4.78. The van der Waals surface area contributed by atoms with Gasteiger partial charge in [-0.3, -0.25) is 0 Å². The SMILES string of the molecule is C[C@@H]1CC[C@@]2(OC1)O[C@H]1C[C@H]3[C@@H]4CC[C@H]5C[C@@H](O)CC[C@]5(C)[C@H]4[C@@H](O)C[C@]3(C)[C@H]1[C@H]2C. The molecule has 4 aliphatic carbocycles. The van der Waals surface area contributed by atoms with Crippen LogP contribution >= 0.6 is 0 Å². The topological polar surface area (TPSA) is 58.9 Å². The molecule has 0 radical (unpaired) electrons. The third-order valence-corrected chi connectivity index (χ3v) is 11.8. The van der Waals surface area contributed by atoms with Gasteiger partial charge in [0.25, 0.3) is 0 Å². The molecule has 4 saturated carbocycles. The van der Waals surface area contributed by atoms with Crippen molar-refractivity contribution in [3.05, 3.63) is 0 Å². The Balaban J connectivity index is 1.29. The summed E-state index contributed by atoms with van der Waals surface area (Å²) in [6.07, 6.45) is 9.63. The van der Waals surface area contributed by atoms with Crippen LogP contribution in [-0.4, -0.2) is 40.9 Å². The normalized spacial score (nSPS) is 63.3. The fourth-order valence-corrected chi connectivity index (χ4v) is 10.4. The Hall–Kier alpha value is -0.160. The summed E-state index contributed by atoms with van der Waals surface area (Å²) in [6, 6.07) is 0. The van der Waals surface area contributed by atoms with E-state index >= 15 is 0 Å². The molecule has 0 amide bonds. The van der Waals surface area contributed by atoms with Crippen molar-refractivity contribution in [1.29, 1.82) is 0 Å². The molecule has 4 heteroatoms. The van der Waals surface area contributed by atoms with Gasteiger partial charge in [-0.2, -0.15) is 0 Å². The van der Waals surface area contributed by atoms with E-state index in [1.165, 1.54) is 19.3 Å².